The van der Waals surface area contributed by atoms with E-state index in [1.54, 1.807) is 36.2 Å². The van der Waals surface area contributed by atoms with Crippen LogP contribution in [0.1, 0.15) is 28.4 Å². The summed E-state index contributed by atoms with van der Waals surface area (Å²) in [4.78, 5) is 25.0. The topological polar surface area (TPSA) is 37.4 Å². The Hall–Kier alpha value is -2.42. The summed E-state index contributed by atoms with van der Waals surface area (Å²) in [5.41, 5.74) is 2.35. The van der Waals surface area contributed by atoms with Gasteiger partial charge in [-0.3, -0.25) is 9.59 Å². The summed E-state index contributed by atoms with van der Waals surface area (Å²) in [6.07, 6.45) is 0. The maximum atomic E-state index is 12.2. The second kappa shape index (κ2) is 6.15. The van der Waals surface area contributed by atoms with Crippen molar-refractivity contribution in [2.45, 2.75) is 13.5 Å². The minimum absolute atomic E-state index is 0.0112. The molecule has 2 rings (SSSR count). The smallest absolute Gasteiger partial charge is 0.219 e. The van der Waals surface area contributed by atoms with Gasteiger partial charge in [0.05, 0.1) is 0 Å². The number of carbonyl (C=O) groups excluding carboxylic acids is 2. The van der Waals surface area contributed by atoms with Gasteiger partial charge in [0.15, 0.2) is 5.78 Å². The molecule has 0 spiro atoms. The third-order valence-corrected chi connectivity index (χ3v) is 3.21. The van der Waals surface area contributed by atoms with Crippen molar-refractivity contribution in [3.63, 3.8) is 0 Å². The van der Waals surface area contributed by atoms with Crippen molar-refractivity contribution in [3.8, 4) is 0 Å². The molecule has 2 aromatic rings. The monoisotopic (exact) mass is 267 g/mol. The van der Waals surface area contributed by atoms with Gasteiger partial charge in [-0.1, -0.05) is 54.6 Å². The number of carbonyl (C=O) groups is 2. The number of rotatable bonds is 4. The van der Waals surface area contributed by atoms with Crippen molar-refractivity contribution < 1.29 is 9.59 Å². The number of benzene rings is 2. The predicted molar refractivity (Wildman–Crippen MR) is 78.5 cm³/mol. The summed E-state index contributed by atoms with van der Waals surface area (Å²) >= 11 is 0. The zero-order chi connectivity index (χ0) is 14.5. The van der Waals surface area contributed by atoms with Crippen LogP contribution in [-0.2, 0) is 11.3 Å². The zero-order valence-electron chi connectivity index (χ0n) is 11.7. The van der Waals surface area contributed by atoms with Crippen molar-refractivity contribution in [2.75, 3.05) is 7.05 Å². The fourth-order valence-corrected chi connectivity index (χ4v) is 1.90. The van der Waals surface area contributed by atoms with Crippen LogP contribution in [0.4, 0.5) is 0 Å². The van der Waals surface area contributed by atoms with Crippen molar-refractivity contribution in [1.82, 2.24) is 4.90 Å². The average molecular weight is 267 g/mol. The van der Waals surface area contributed by atoms with E-state index in [0.29, 0.717) is 17.7 Å². The van der Waals surface area contributed by atoms with Crippen LogP contribution in [-0.4, -0.2) is 23.6 Å². The quantitative estimate of drug-likeness (QED) is 0.799. The molecule has 3 nitrogen and oxygen atoms in total. The SMILES string of the molecule is CC(=O)N(C)Cc1ccc(C(=O)c2ccccc2)cc1. The largest absolute Gasteiger partial charge is 0.342 e. The second-order valence-electron chi connectivity index (χ2n) is 4.77. The van der Waals surface area contributed by atoms with E-state index in [1.807, 2.05) is 30.3 Å². The molecule has 0 aliphatic rings. The number of amides is 1. The van der Waals surface area contributed by atoms with Gasteiger partial charge in [0, 0.05) is 31.6 Å². The van der Waals surface area contributed by atoms with E-state index < -0.39 is 0 Å². The summed E-state index contributed by atoms with van der Waals surface area (Å²) in [5.74, 6) is 0.0338. The molecule has 0 aliphatic carbocycles. The van der Waals surface area contributed by atoms with E-state index in [4.69, 9.17) is 0 Å². The lowest BCUT2D eigenvalue weighted by molar-refractivity contribution is -0.128. The Morgan fingerprint density at radius 1 is 0.900 bits per heavy atom. The molecule has 3 heteroatoms. The molecule has 0 radical (unpaired) electrons. The second-order valence-corrected chi connectivity index (χ2v) is 4.77. The molecule has 0 saturated carbocycles. The van der Waals surface area contributed by atoms with Gasteiger partial charge in [-0.15, -0.1) is 0 Å². The Bertz CT molecular complexity index is 603. The molecular weight excluding hydrogens is 250 g/mol. The van der Waals surface area contributed by atoms with E-state index in [-0.39, 0.29) is 11.7 Å². The number of hydrogen-bond acceptors (Lipinski definition) is 2. The van der Waals surface area contributed by atoms with Crippen molar-refractivity contribution in [2.24, 2.45) is 0 Å². The lowest BCUT2D eigenvalue weighted by Gasteiger charge is -2.14. The molecule has 1 amide bonds. The van der Waals surface area contributed by atoms with Crippen LogP contribution < -0.4 is 0 Å². The van der Waals surface area contributed by atoms with Crippen LogP contribution in [0.3, 0.4) is 0 Å². The van der Waals surface area contributed by atoms with Gasteiger partial charge in [0.1, 0.15) is 0 Å². The van der Waals surface area contributed by atoms with Gasteiger partial charge in [-0.2, -0.15) is 0 Å². The molecule has 102 valence electrons. The fourth-order valence-electron chi connectivity index (χ4n) is 1.90. The van der Waals surface area contributed by atoms with E-state index in [1.165, 1.54) is 6.92 Å². The van der Waals surface area contributed by atoms with E-state index in [0.717, 1.165) is 5.56 Å². The Balaban J connectivity index is 2.12. The molecule has 2 aromatic carbocycles. The first-order valence-electron chi connectivity index (χ1n) is 6.48. The molecule has 0 aromatic heterocycles. The Morgan fingerprint density at radius 3 is 2.00 bits per heavy atom. The first kappa shape index (κ1) is 14.0. The van der Waals surface area contributed by atoms with Gasteiger partial charge in [-0.05, 0) is 5.56 Å². The fraction of sp³-hybridized carbons (Fsp3) is 0.176. The van der Waals surface area contributed by atoms with Crippen LogP contribution in [0.5, 0.6) is 0 Å². The van der Waals surface area contributed by atoms with Crippen LogP contribution in [0, 0.1) is 0 Å². The first-order chi connectivity index (χ1) is 9.58. The van der Waals surface area contributed by atoms with Crippen molar-refractivity contribution >= 4 is 11.7 Å². The summed E-state index contributed by atoms with van der Waals surface area (Å²) in [6, 6.07) is 16.6. The molecular formula is C17H17NO2. The number of hydrogen-bond donors (Lipinski definition) is 0. The Labute approximate surface area is 118 Å². The molecule has 0 heterocycles. The maximum Gasteiger partial charge on any atom is 0.219 e. The molecule has 0 atom stereocenters. The highest BCUT2D eigenvalue weighted by Gasteiger charge is 2.09. The standard InChI is InChI=1S/C17H17NO2/c1-13(19)18(2)12-14-8-10-16(11-9-14)17(20)15-6-4-3-5-7-15/h3-11H,12H2,1-2H3. The normalized spacial score (nSPS) is 10.1. The highest BCUT2D eigenvalue weighted by atomic mass is 16.2. The Morgan fingerprint density at radius 2 is 1.45 bits per heavy atom. The molecule has 0 saturated heterocycles. The zero-order valence-corrected chi connectivity index (χ0v) is 11.7. The lowest BCUT2D eigenvalue weighted by atomic mass is 10.0. The maximum absolute atomic E-state index is 12.2. The van der Waals surface area contributed by atoms with Gasteiger partial charge in [0.2, 0.25) is 5.91 Å². The highest BCUT2D eigenvalue weighted by Crippen LogP contribution is 2.12. The number of nitrogens with zero attached hydrogens (tertiary/aromatic N) is 1. The van der Waals surface area contributed by atoms with Gasteiger partial charge in [-0.25, -0.2) is 0 Å². The molecule has 0 unspecified atom stereocenters. The van der Waals surface area contributed by atoms with E-state index in [9.17, 15) is 9.59 Å². The van der Waals surface area contributed by atoms with Crippen molar-refractivity contribution in [3.05, 3.63) is 71.3 Å². The summed E-state index contributed by atoms with van der Waals surface area (Å²) < 4.78 is 0. The number of ketones is 1. The third kappa shape index (κ3) is 3.32. The summed E-state index contributed by atoms with van der Waals surface area (Å²) in [5, 5.41) is 0. The lowest BCUT2D eigenvalue weighted by Crippen LogP contribution is -2.22. The molecule has 20 heavy (non-hydrogen) atoms. The highest BCUT2D eigenvalue weighted by molar-refractivity contribution is 6.08. The summed E-state index contributed by atoms with van der Waals surface area (Å²) in [7, 11) is 1.76. The minimum Gasteiger partial charge on any atom is -0.342 e. The molecule has 0 bridgehead atoms. The third-order valence-electron chi connectivity index (χ3n) is 3.21. The van der Waals surface area contributed by atoms with Crippen LogP contribution >= 0.6 is 0 Å². The van der Waals surface area contributed by atoms with Gasteiger partial charge in [0.25, 0.3) is 0 Å². The Kier molecular flexibility index (Phi) is 4.31. The molecule has 0 aliphatic heterocycles. The predicted octanol–water partition coefficient (Wildman–Crippen LogP) is 2.90. The van der Waals surface area contributed by atoms with E-state index >= 15 is 0 Å². The van der Waals surface area contributed by atoms with Crippen molar-refractivity contribution in [1.29, 1.82) is 0 Å². The van der Waals surface area contributed by atoms with Crippen LogP contribution in [0.25, 0.3) is 0 Å². The van der Waals surface area contributed by atoms with E-state index in [2.05, 4.69) is 0 Å². The molecule has 0 N–H and O–H groups in total. The first-order valence-corrected chi connectivity index (χ1v) is 6.48. The van der Waals surface area contributed by atoms with Crippen LogP contribution in [0.2, 0.25) is 0 Å². The van der Waals surface area contributed by atoms with Crippen LogP contribution in [0.15, 0.2) is 54.6 Å². The van der Waals surface area contributed by atoms with Gasteiger partial charge >= 0.3 is 0 Å². The minimum atomic E-state index is 0.0112. The van der Waals surface area contributed by atoms with Gasteiger partial charge < -0.3 is 4.90 Å². The average Bonchev–Trinajstić information content (AvgIpc) is 2.48. The molecule has 0 fully saturated rings. The summed E-state index contributed by atoms with van der Waals surface area (Å²) in [6.45, 7) is 2.09.